The van der Waals surface area contributed by atoms with Crippen molar-refractivity contribution in [2.75, 3.05) is 26.4 Å². The molecule has 0 aromatic carbocycles. The van der Waals surface area contributed by atoms with Crippen LogP contribution in [0.1, 0.15) is 0 Å². The molecular formula is C24H42CaO24. The minimum atomic E-state index is -2.49. The topological polar surface area (TPSA) is 441 Å². The third kappa shape index (κ3) is 12.8. The molecule has 0 bridgehead atoms. The van der Waals surface area contributed by atoms with Gasteiger partial charge in [0.05, 0.1) is 38.4 Å². The molecule has 0 aliphatic carbocycles. The van der Waals surface area contributed by atoms with Gasteiger partial charge in [-0.2, -0.15) is 0 Å². The van der Waals surface area contributed by atoms with E-state index in [-0.39, 0.29) is 37.7 Å². The number of ether oxygens (including phenoxy) is 4. The Bertz CT molecular complexity index is 888. The average molecular weight is 755 g/mol. The maximum absolute atomic E-state index is 10.8. The van der Waals surface area contributed by atoms with Gasteiger partial charge in [0.25, 0.3) is 0 Å². The Morgan fingerprint density at radius 3 is 1.06 bits per heavy atom. The van der Waals surface area contributed by atoms with Gasteiger partial charge >= 0.3 is 37.7 Å². The van der Waals surface area contributed by atoms with Gasteiger partial charge in [0, 0.05) is 0 Å². The minimum absolute atomic E-state index is 0. The Morgan fingerprint density at radius 2 is 0.837 bits per heavy atom. The summed E-state index contributed by atoms with van der Waals surface area (Å²) in [6, 6.07) is 0. The van der Waals surface area contributed by atoms with E-state index in [2.05, 4.69) is 0 Å². The van der Waals surface area contributed by atoms with Crippen LogP contribution in [0.4, 0.5) is 0 Å². The number of carbonyl (C=O) groups is 2. The summed E-state index contributed by atoms with van der Waals surface area (Å²) in [6.45, 7) is -3.59. The predicted molar refractivity (Wildman–Crippen MR) is 143 cm³/mol. The van der Waals surface area contributed by atoms with Crippen LogP contribution in [0.3, 0.4) is 0 Å². The Morgan fingerprint density at radius 1 is 0.551 bits per heavy atom. The maximum atomic E-state index is 10.8. The Hall–Kier alpha value is -0.600. The van der Waals surface area contributed by atoms with E-state index in [1.165, 1.54) is 0 Å². The van der Waals surface area contributed by atoms with Crippen LogP contribution in [0.25, 0.3) is 0 Å². The number of hydrogen-bond donors (Lipinski definition) is 16. The van der Waals surface area contributed by atoms with E-state index in [1.807, 2.05) is 0 Å². The van der Waals surface area contributed by atoms with Crippen molar-refractivity contribution in [1.29, 1.82) is 0 Å². The van der Waals surface area contributed by atoms with E-state index >= 15 is 0 Å². The number of carboxylic acid groups (broad SMARTS) is 2. The zero-order chi connectivity index (χ0) is 37.2. The number of carbonyl (C=O) groups excluding carboxylic acids is 2. The molecule has 2 fully saturated rings. The average Bonchev–Trinajstić information content (AvgIpc) is 3.07. The zero-order valence-electron chi connectivity index (χ0n) is 25.3. The summed E-state index contributed by atoms with van der Waals surface area (Å²) < 4.78 is 19.7. The van der Waals surface area contributed by atoms with Gasteiger partial charge in [0.15, 0.2) is 12.6 Å². The Balaban J connectivity index is 0.000000922. The first-order valence-corrected chi connectivity index (χ1v) is 13.9. The van der Waals surface area contributed by atoms with Crippen LogP contribution >= 0.6 is 0 Å². The van der Waals surface area contributed by atoms with Crippen LogP contribution in [0, 0.1) is 0 Å². The van der Waals surface area contributed by atoms with Crippen molar-refractivity contribution >= 4 is 49.7 Å². The Labute approximate surface area is 305 Å². The van der Waals surface area contributed by atoms with Gasteiger partial charge < -0.3 is 120 Å². The maximum Gasteiger partial charge on any atom is 2.00 e. The van der Waals surface area contributed by atoms with Crippen molar-refractivity contribution in [3.05, 3.63) is 0 Å². The monoisotopic (exact) mass is 754 g/mol. The molecule has 0 unspecified atom stereocenters. The fourth-order valence-corrected chi connectivity index (χ4v) is 4.27. The number of aliphatic carboxylic acids is 2. The SMILES string of the molecule is O=C([O-])[C@@H](O)[C@@H](O[C@@H]1O[C@H](CO)[C@H](O)[C@H](O)[C@H]1O)[C@H](O)[C@@H](O)CO.O=C([O-])[C@@H](O)[C@@H](O[C@@H]1O[C@H](CO)[C@H](O)[C@H](O)[C@H]1O)[C@H](O)[C@@H](O)CO.[Ca+2]. The first-order valence-electron chi connectivity index (χ1n) is 13.9. The van der Waals surface area contributed by atoms with Crippen LogP contribution in [0.5, 0.6) is 0 Å². The fourth-order valence-electron chi connectivity index (χ4n) is 4.27. The summed E-state index contributed by atoms with van der Waals surface area (Å²) >= 11 is 0. The molecule has 0 spiro atoms. The number of aliphatic hydroxyl groups excluding tert-OH is 16. The number of carboxylic acids is 2. The zero-order valence-corrected chi connectivity index (χ0v) is 27.6. The normalized spacial score (nSPS) is 35.2. The van der Waals surface area contributed by atoms with Gasteiger partial charge in [-0.1, -0.05) is 0 Å². The Kier molecular flexibility index (Phi) is 22.2. The number of rotatable bonds is 16. The second kappa shape index (κ2) is 22.5. The van der Waals surface area contributed by atoms with Crippen LogP contribution in [0.2, 0.25) is 0 Å². The van der Waals surface area contributed by atoms with Crippen LogP contribution in [0.15, 0.2) is 0 Å². The van der Waals surface area contributed by atoms with E-state index < -0.39 is 149 Å². The first kappa shape index (κ1) is 48.4. The van der Waals surface area contributed by atoms with Gasteiger partial charge in [-0.05, 0) is 0 Å². The molecule has 2 saturated heterocycles. The molecule has 2 aliphatic heterocycles. The summed E-state index contributed by atoms with van der Waals surface area (Å²) in [6.07, 6.45) is -34.8. The molecule has 0 aromatic heterocycles. The van der Waals surface area contributed by atoms with Gasteiger partial charge in [0.2, 0.25) is 0 Å². The molecule has 2 heterocycles. The predicted octanol–water partition coefficient (Wildman–Crippen LogP) is -14.4. The van der Waals surface area contributed by atoms with E-state index in [4.69, 9.17) is 39.4 Å². The molecule has 284 valence electrons. The first-order chi connectivity index (χ1) is 22.3. The van der Waals surface area contributed by atoms with Gasteiger partial charge in [0.1, 0.15) is 97.7 Å². The fraction of sp³-hybridized carbons (Fsp3) is 0.917. The van der Waals surface area contributed by atoms with E-state index in [0.717, 1.165) is 0 Å². The summed E-state index contributed by atoms with van der Waals surface area (Å²) in [5, 5.41) is 173. The van der Waals surface area contributed by atoms with Crippen molar-refractivity contribution in [3.63, 3.8) is 0 Å². The van der Waals surface area contributed by atoms with Crippen molar-refractivity contribution in [3.8, 4) is 0 Å². The van der Waals surface area contributed by atoms with Crippen LogP contribution in [-0.4, -0.2) is 268 Å². The second-order valence-electron chi connectivity index (χ2n) is 10.6. The molecule has 0 amide bonds. The van der Waals surface area contributed by atoms with Crippen molar-refractivity contribution < 1.29 is 120 Å². The van der Waals surface area contributed by atoms with Crippen LogP contribution in [-0.2, 0) is 28.5 Å². The van der Waals surface area contributed by atoms with E-state index in [0.29, 0.717) is 0 Å². The number of hydrogen-bond acceptors (Lipinski definition) is 24. The summed E-state index contributed by atoms with van der Waals surface area (Å²) in [4.78, 5) is 21.6. The summed E-state index contributed by atoms with van der Waals surface area (Å²) in [7, 11) is 0. The molecule has 0 saturated carbocycles. The minimum Gasteiger partial charge on any atom is -0.547 e. The standard InChI is InChI=1S/2C12H22O12.Ca/c2*13-1-3(15)5(16)10(9(20)11(21)22)24-12-8(19)7(18)6(17)4(2-14)23-12;/h2*3-10,12-20H,1-2H2,(H,21,22);/q;;+2/p-2/t2*3-,4+,5+,6-,7-,8+,9-,10-,12-;/m00./s1. The molecule has 25 heteroatoms. The van der Waals surface area contributed by atoms with Gasteiger partial charge in [-0.3, -0.25) is 0 Å². The van der Waals surface area contributed by atoms with E-state index in [9.17, 15) is 81.1 Å². The molecule has 0 radical (unpaired) electrons. The molecule has 0 aromatic rings. The van der Waals surface area contributed by atoms with E-state index in [1.54, 1.807) is 0 Å². The van der Waals surface area contributed by atoms with Crippen molar-refractivity contribution in [1.82, 2.24) is 0 Å². The van der Waals surface area contributed by atoms with Crippen molar-refractivity contribution in [2.45, 2.75) is 110 Å². The largest absolute Gasteiger partial charge is 2.00 e. The molecule has 16 N–H and O–H groups in total. The molecule has 2 aliphatic rings. The van der Waals surface area contributed by atoms with Gasteiger partial charge in [-0.15, -0.1) is 0 Å². The summed E-state index contributed by atoms with van der Waals surface area (Å²) in [5.41, 5.74) is 0. The molecular weight excluding hydrogens is 712 g/mol. The third-order valence-electron chi connectivity index (χ3n) is 7.22. The van der Waals surface area contributed by atoms with Crippen molar-refractivity contribution in [2.24, 2.45) is 0 Å². The second-order valence-corrected chi connectivity index (χ2v) is 10.6. The molecule has 2 rings (SSSR count). The number of aliphatic hydroxyl groups is 16. The third-order valence-corrected chi connectivity index (χ3v) is 7.22. The summed E-state index contributed by atoms with van der Waals surface area (Å²) in [5.74, 6) is -4.18. The molecule has 18 atom stereocenters. The van der Waals surface area contributed by atoms with Crippen LogP contribution < -0.4 is 10.2 Å². The smallest absolute Gasteiger partial charge is 0.547 e. The molecule has 49 heavy (non-hydrogen) atoms. The quantitative estimate of drug-likeness (QED) is 0.0650. The molecule has 24 nitrogen and oxygen atoms in total. The van der Waals surface area contributed by atoms with Gasteiger partial charge in [-0.25, -0.2) is 0 Å².